The monoisotopic (exact) mass is 230 g/mol. The zero-order valence-electron chi connectivity index (χ0n) is 11.0. The third-order valence-corrected chi connectivity index (χ3v) is 3.49. The molecule has 0 amide bonds. The van der Waals surface area contributed by atoms with Gasteiger partial charge in [0.05, 0.1) is 0 Å². The summed E-state index contributed by atoms with van der Waals surface area (Å²) < 4.78 is 10.6. The van der Waals surface area contributed by atoms with Crippen LogP contribution in [0.3, 0.4) is 0 Å². The normalized spacial score (nSPS) is 27.6. The highest BCUT2D eigenvalue weighted by atomic mass is 16.7. The Hall–Kier alpha value is -0.160. The Labute approximate surface area is 99.3 Å². The van der Waals surface area contributed by atoms with Gasteiger partial charge in [-0.25, -0.2) is 0 Å². The molecule has 1 fully saturated rings. The molecule has 2 unspecified atom stereocenters. The molecule has 1 heterocycles. The van der Waals surface area contributed by atoms with Gasteiger partial charge in [-0.2, -0.15) is 0 Å². The van der Waals surface area contributed by atoms with E-state index in [0.717, 1.165) is 19.6 Å². The van der Waals surface area contributed by atoms with Crippen LogP contribution in [0.4, 0.5) is 0 Å². The third-order valence-electron chi connectivity index (χ3n) is 3.49. The van der Waals surface area contributed by atoms with Crippen LogP contribution in [0.2, 0.25) is 0 Å². The Balaban J connectivity index is 2.50. The molecular weight excluding hydrogens is 204 g/mol. The fourth-order valence-electron chi connectivity index (χ4n) is 2.26. The van der Waals surface area contributed by atoms with Gasteiger partial charge in [0.2, 0.25) is 0 Å². The lowest BCUT2D eigenvalue weighted by Crippen LogP contribution is -2.57. The van der Waals surface area contributed by atoms with Gasteiger partial charge < -0.3 is 14.8 Å². The van der Waals surface area contributed by atoms with Crippen LogP contribution >= 0.6 is 0 Å². The van der Waals surface area contributed by atoms with E-state index in [0.29, 0.717) is 12.1 Å². The molecule has 0 saturated carbocycles. The Morgan fingerprint density at radius 1 is 1.25 bits per heavy atom. The molecule has 0 aromatic carbocycles. The number of hydrogen-bond donors (Lipinski definition) is 1. The second-order valence-corrected chi connectivity index (χ2v) is 4.43. The highest BCUT2D eigenvalue weighted by Gasteiger charge is 2.27. The molecule has 1 saturated heterocycles. The van der Waals surface area contributed by atoms with E-state index in [1.807, 2.05) is 0 Å². The first-order valence-electron chi connectivity index (χ1n) is 6.28. The fraction of sp³-hybridized carbons (Fsp3) is 1.00. The van der Waals surface area contributed by atoms with Crippen LogP contribution in [0.25, 0.3) is 0 Å². The van der Waals surface area contributed by atoms with Crippen LogP contribution in [0.5, 0.6) is 0 Å². The van der Waals surface area contributed by atoms with Crippen LogP contribution < -0.4 is 5.32 Å². The number of nitrogens with zero attached hydrogens (tertiary/aromatic N) is 1. The molecule has 0 aromatic heterocycles. The summed E-state index contributed by atoms with van der Waals surface area (Å²) in [7, 11) is 3.41. The predicted octanol–water partition coefficient (Wildman–Crippen LogP) is 1.07. The SMILES string of the molecule is CCC1CN(CC(OC)OC)C(CC)CN1. The highest BCUT2D eigenvalue weighted by molar-refractivity contribution is 4.85. The Morgan fingerprint density at radius 3 is 2.44 bits per heavy atom. The fourth-order valence-corrected chi connectivity index (χ4v) is 2.26. The van der Waals surface area contributed by atoms with Gasteiger partial charge in [-0.1, -0.05) is 13.8 Å². The largest absolute Gasteiger partial charge is 0.355 e. The maximum absolute atomic E-state index is 5.28. The van der Waals surface area contributed by atoms with E-state index >= 15 is 0 Å². The molecule has 1 aliphatic heterocycles. The van der Waals surface area contributed by atoms with Gasteiger partial charge in [0.25, 0.3) is 0 Å². The topological polar surface area (TPSA) is 33.7 Å². The predicted molar refractivity (Wildman–Crippen MR) is 65.5 cm³/mol. The Bertz CT molecular complexity index is 186. The lowest BCUT2D eigenvalue weighted by Gasteiger charge is -2.41. The van der Waals surface area contributed by atoms with Crippen molar-refractivity contribution < 1.29 is 9.47 Å². The van der Waals surface area contributed by atoms with Gasteiger partial charge in [0.1, 0.15) is 0 Å². The minimum absolute atomic E-state index is 0.107. The van der Waals surface area contributed by atoms with Crippen LogP contribution in [0.1, 0.15) is 26.7 Å². The van der Waals surface area contributed by atoms with Crippen molar-refractivity contribution in [2.45, 2.75) is 45.1 Å². The summed E-state index contributed by atoms with van der Waals surface area (Å²) in [5, 5.41) is 3.59. The van der Waals surface area contributed by atoms with Crippen molar-refractivity contribution in [3.63, 3.8) is 0 Å². The van der Waals surface area contributed by atoms with Gasteiger partial charge >= 0.3 is 0 Å². The van der Waals surface area contributed by atoms with E-state index in [1.54, 1.807) is 14.2 Å². The standard InChI is InChI=1S/C12H26N2O2/c1-5-10-8-14(9-12(15-3)16-4)11(6-2)7-13-10/h10-13H,5-9H2,1-4H3. The second-order valence-electron chi connectivity index (χ2n) is 4.43. The first kappa shape index (κ1) is 13.9. The molecule has 0 radical (unpaired) electrons. The van der Waals surface area contributed by atoms with Gasteiger partial charge in [-0.15, -0.1) is 0 Å². The zero-order valence-corrected chi connectivity index (χ0v) is 11.0. The van der Waals surface area contributed by atoms with Crippen molar-refractivity contribution in [1.29, 1.82) is 0 Å². The summed E-state index contributed by atoms with van der Waals surface area (Å²) in [6, 6.07) is 1.22. The first-order valence-corrected chi connectivity index (χ1v) is 6.28. The molecule has 16 heavy (non-hydrogen) atoms. The molecule has 1 rings (SSSR count). The molecule has 1 aliphatic rings. The lowest BCUT2D eigenvalue weighted by atomic mass is 10.1. The highest BCUT2D eigenvalue weighted by Crippen LogP contribution is 2.13. The first-order chi connectivity index (χ1) is 7.74. The summed E-state index contributed by atoms with van der Waals surface area (Å²) in [6.45, 7) is 7.50. The van der Waals surface area contributed by atoms with E-state index < -0.39 is 0 Å². The van der Waals surface area contributed by atoms with E-state index in [-0.39, 0.29) is 6.29 Å². The van der Waals surface area contributed by atoms with E-state index in [2.05, 4.69) is 24.1 Å². The average Bonchev–Trinajstić information content (AvgIpc) is 2.35. The van der Waals surface area contributed by atoms with Crippen molar-refractivity contribution in [2.75, 3.05) is 33.9 Å². The molecule has 0 aromatic rings. The van der Waals surface area contributed by atoms with Crippen LogP contribution in [-0.2, 0) is 9.47 Å². The molecule has 0 bridgehead atoms. The minimum Gasteiger partial charge on any atom is -0.355 e. The summed E-state index contributed by atoms with van der Waals surface area (Å²) in [4.78, 5) is 2.49. The molecule has 0 aliphatic carbocycles. The average molecular weight is 230 g/mol. The van der Waals surface area contributed by atoms with Gasteiger partial charge in [0, 0.05) is 45.9 Å². The van der Waals surface area contributed by atoms with E-state index in [1.165, 1.54) is 12.8 Å². The van der Waals surface area contributed by atoms with Gasteiger partial charge in [-0.3, -0.25) is 4.90 Å². The Morgan fingerprint density at radius 2 is 1.94 bits per heavy atom. The maximum Gasteiger partial charge on any atom is 0.169 e. The van der Waals surface area contributed by atoms with Crippen molar-refractivity contribution in [2.24, 2.45) is 0 Å². The van der Waals surface area contributed by atoms with Crippen LogP contribution in [-0.4, -0.2) is 57.1 Å². The van der Waals surface area contributed by atoms with Crippen molar-refractivity contribution >= 4 is 0 Å². The van der Waals surface area contributed by atoms with Gasteiger partial charge in [0.15, 0.2) is 6.29 Å². The number of methoxy groups -OCH3 is 2. The van der Waals surface area contributed by atoms with Gasteiger partial charge in [-0.05, 0) is 12.8 Å². The van der Waals surface area contributed by atoms with Crippen LogP contribution in [0.15, 0.2) is 0 Å². The number of rotatable bonds is 6. The molecule has 2 atom stereocenters. The summed E-state index contributed by atoms with van der Waals surface area (Å²) in [6.07, 6.45) is 2.24. The molecule has 4 nitrogen and oxygen atoms in total. The van der Waals surface area contributed by atoms with Crippen molar-refractivity contribution in [3.8, 4) is 0 Å². The second kappa shape index (κ2) is 7.22. The molecule has 0 spiro atoms. The third kappa shape index (κ3) is 3.70. The van der Waals surface area contributed by atoms with E-state index in [4.69, 9.17) is 9.47 Å². The molecule has 1 N–H and O–H groups in total. The quantitative estimate of drug-likeness (QED) is 0.692. The number of nitrogens with one attached hydrogen (secondary N) is 1. The summed E-state index contributed by atoms with van der Waals surface area (Å²) in [5.41, 5.74) is 0. The smallest absolute Gasteiger partial charge is 0.169 e. The maximum atomic E-state index is 5.28. The zero-order chi connectivity index (χ0) is 12.0. The Kier molecular flexibility index (Phi) is 6.28. The number of hydrogen-bond acceptors (Lipinski definition) is 4. The lowest BCUT2D eigenvalue weighted by molar-refractivity contribution is -0.123. The number of ether oxygens (including phenoxy) is 2. The van der Waals surface area contributed by atoms with Crippen molar-refractivity contribution in [1.82, 2.24) is 10.2 Å². The summed E-state index contributed by atoms with van der Waals surface area (Å²) >= 11 is 0. The minimum atomic E-state index is -0.107. The summed E-state index contributed by atoms with van der Waals surface area (Å²) in [5.74, 6) is 0. The molecular formula is C12H26N2O2. The van der Waals surface area contributed by atoms with Crippen molar-refractivity contribution in [3.05, 3.63) is 0 Å². The number of piperazine rings is 1. The van der Waals surface area contributed by atoms with E-state index in [9.17, 15) is 0 Å². The molecule has 96 valence electrons. The van der Waals surface area contributed by atoms with Crippen LogP contribution in [0, 0.1) is 0 Å². The molecule has 4 heteroatoms.